The molecule has 0 saturated carbocycles. The molecular weight excluding hydrogens is 535 g/mol. The maximum Gasteiger partial charge on any atom is 0.397 e. The van der Waals surface area contributed by atoms with Gasteiger partial charge < -0.3 is 14.6 Å². The molecule has 13 heteroatoms. The zero-order valence-corrected chi connectivity index (χ0v) is 21.8. The lowest BCUT2D eigenvalue weighted by Gasteiger charge is -2.35. The number of fused-ring (bicyclic) bond motifs is 1. The van der Waals surface area contributed by atoms with E-state index >= 15 is 0 Å². The third kappa shape index (κ3) is 6.45. The predicted molar refractivity (Wildman–Crippen MR) is 138 cm³/mol. The fourth-order valence-electron chi connectivity index (χ4n) is 4.62. The van der Waals surface area contributed by atoms with E-state index in [4.69, 9.17) is 16.3 Å². The van der Waals surface area contributed by atoms with Crippen LogP contribution in [-0.2, 0) is 17.8 Å². The zero-order chi connectivity index (χ0) is 27.6. The molecule has 0 spiro atoms. The maximum atomic E-state index is 12.5. The first kappa shape index (κ1) is 26.8. The Morgan fingerprint density at radius 1 is 1.10 bits per heavy atom. The molecule has 3 aromatic heterocycles. The summed E-state index contributed by atoms with van der Waals surface area (Å²) in [7, 11) is 1.52. The van der Waals surface area contributed by atoms with Crippen LogP contribution in [0.15, 0.2) is 42.9 Å². The lowest BCUT2D eigenvalue weighted by molar-refractivity contribution is -0.162. The van der Waals surface area contributed by atoms with Crippen molar-refractivity contribution in [2.45, 2.75) is 25.6 Å². The maximum absolute atomic E-state index is 12.5. The molecule has 1 fully saturated rings. The molecule has 1 N–H and O–H groups in total. The van der Waals surface area contributed by atoms with E-state index in [1.54, 1.807) is 6.20 Å². The Balaban J connectivity index is 1.23. The van der Waals surface area contributed by atoms with Crippen LogP contribution in [0.4, 0.5) is 13.2 Å². The number of amides is 1. The number of pyridine rings is 1. The third-order valence-electron chi connectivity index (χ3n) is 6.48. The number of nitrogens with one attached hydrogen (secondary N) is 1. The van der Waals surface area contributed by atoms with Crippen molar-refractivity contribution >= 4 is 28.5 Å². The molecule has 1 saturated heterocycles. The molecule has 39 heavy (non-hydrogen) atoms. The highest BCUT2D eigenvalue weighted by molar-refractivity contribution is 6.31. The van der Waals surface area contributed by atoms with Gasteiger partial charge in [0.2, 0.25) is 5.91 Å². The van der Waals surface area contributed by atoms with E-state index in [2.05, 4.69) is 29.8 Å². The molecule has 5 rings (SSSR count). The molecule has 0 unspecified atom stereocenters. The Morgan fingerprint density at radius 2 is 1.90 bits per heavy atom. The van der Waals surface area contributed by atoms with Gasteiger partial charge in [-0.05, 0) is 29.8 Å². The van der Waals surface area contributed by atoms with Gasteiger partial charge in [-0.1, -0.05) is 17.7 Å². The average Bonchev–Trinajstić information content (AvgIpc) is 3.29. The molecule has 1 aromatic carbocycles. The van der Waals surface area contributed by atoms with Gasteiger partial charge >= 0.3 is 6.18 Å². The van der Waals surface area contributed by atoms with Gasteiger partial charge in [-0.25, -0.2) is 15.0 Å². The number of carbonyl (C=O) groups is 1. The van der Waals surface area contributed by atoms with Gasteiger partial charge in [0.15, 0.2) is 10.9 Å². The van der Waals surface area contributed by atoms with Crippen LogP contribution in [0.5, 0.6) is 5.75 Å². The topological polar surface area (TPSA) is 100 Å². The molecule has 1 aliphatic rings. The SMILES string of the molecule is COc1c(Cl)ncnc1-c1ccc2nc(Cc3cc(CN4CCN(C(=O)CC(F)(F)F)CC4)ccn3)[nH]c2c1. The van der Waals surface area contributed by atoms with E-state index in [1.807, 2.05) is 30.3 Å². The van der Waals surface area contributed by atoms with Crippen molar-refractivity contribution in [2.24, 2.45) is 0 Å². The van der Waals surface area contributed by atoms with E-state index in [-0.39, 0.29) is 18.2 Å². The number of nitrogens with zero attached hydrogens (tertiary/aromatic N) is 6. The Hall–Kier alpha value is -3.77. The first-order chi connectivity index (χ1) is 18.7. The Kier molecular flexibility index (Phi) is 7.67. The molecule has 0 bridgehead atoms. The molecule has 0 radical (unpaired) electrons. The van der Waals surface area contributed by atoms with Crippen molar-refractivity contribution in [2.75, 3.05) is 33.3 Å². The molecule has 0 aliphatic carbocycles. The number of imidazole rings is 1. The number of hydrogen-bond acceptors (Lipinski definition) is 7. The standard InChI is InChI=1S/C26H25ClF3N7O2/c1-39-24-23(32-15-33-25(24)27)17-2-3-19-20(11-17)35-21(34-19)12-18-10-16(4-5-31-18)14-36-6-8-37(9-7-36)22(38)13-26(28,29)30/h2-5,10-11,15H,6-9,12-14H2,1H3,(H,34,35). The van der Waals surface area contributed by atoms with E-state index in [1.165, 1.54) is 18.3 Å². The minimum absolute atomic E-state index is 0.232. The number of benzene rings is 1. The third-order valence-corrected chi connectivity index (χ3v) is 6.75. The largest absolute Gasteiger partial charge is 0.491 e. The van der Waals surface area contributed by atoms with Crippen LogP contribution < -0.4 is 4.74 Å². The van der Waals surface area contributed by atoms with Gasteiger partial charge in [0.1, 0.15) is 24.3 Å². The summed E-state index contributed by atoms with van der Waals surface area (Å²) < 4.78 is 42.9. The highest BCUT2D eigenvalue weighted by Crippen LogP contribution is 2.33. The molecule has 4 heterocycles. The van der Waals surface area contributed by atoms with Gasteiger partial charge in [-0.3, -0.25) is 14.7 Å². The minimum Gasteiger partial charge on any atom is -0.491 e. The van der Waals surface area contributed by atoms with Crippen LogP contribution in [0, 0.1) is 0 Å². The molecule has 4 aromatic rings. The summed E-state index contributed by atoms with van der Waals surface area (Å²) in [6.07, 6.45) is -2.29. The lowest BCUT2D eigenvalue weighted by atomic mass is 10.1. The second-order valence-corrected chi connectivity index (χ2v) is 9.60. The van der Waals surface area contributed by atoms with E-state index in [9.17, 15) is 18.0 Å². The van der Waals surface area contributed by atoms with Crippen molar-refractivity contribution in [1.82, 2.24) is 34.7 Å². The highest BCUT2D eigenvalue weighted by atomic mass is 35.5. The van der Waals surface area contributed by atoms with Gasteiger partial charge in [-0.15, -0.1) is 0 Å². The van der Waals surface area contributed by atoms with Gasteiger partial charge in [0, 0.05) is 56.6 Å². The number of H-pyrrole nitrogens is 1. The van der Waals surface area contributed by atoms with Gasteiger partial charge in [-0.2, -0.15) is 13.2 Å². The Bertz CT molecular complexity index is 1490. The van der Waals surface area contributed by atoms with Crippen molar-refractivity contribution in [3.8, 4) is 17.0 Å². The van der Waals surface area contributed by atoms with Gasteiger partial charge in [0.05, 0.1) is 18.1 Å². The summed E-state index contributed by atoms with van der Waals surface area (Å²) in [6.45, 7) is 2.19. The first-order valence-corrected chi connectivity index (χ1v) is 12.6. The van der Waals surface area contributed by atoms with Gasteiger partial charge in [0.25, 0.3) is 0 Å². The second kappa shape index (κ2) is 11.1. The van der Waals surface area contributed by atoms with Crippen molar-refractivity contribution in [3.63, 3.8) is 0 Å². The van der Waals surface area contributed by atoms with Crippen LogP contribution in [0.3, 0.4) is 0 Å². The predicted octanol–water partition coefficient (Wildman–Crippen LogP) is 4.26. The number of aromatic nitrogens is 5. The monoisotopic (exact) mass is 559 g/mol. The number of piperazine rings is 1. The fraction of sp³-hybridized carbons (Fsp3) is 0.346. The van der Waals surface area contributed by atoms with Crippen LogP contribution >= 0.6 is 11.6 Å². The highest BCUT2D eigenvalue weighted by Gasteiger charge is 2.34. The van der Waals surface area contributed by atoms with E-state index in [0.29, 0.717) is 37.5 Å². The molecule has 9 nitrogen and oxygen atoms in total. The molecular formula is C26H25ClF3N7O2. The summed E-state index contributed by atoms with van der Waals surface area (Å²) >= 11 is 6.15. The summed E-state index contributed by atoms with van der Waals surface area (Å²) in [5.41, 5.74) is 4.86. The molecule has 1 amide bonds. The molecule has 0 atom stereocenters. The second-order valence-electron chi connectivity index (χ2n) is 9.24. The molecule has 1 aliphatic heterocycles. The minimum atomic E-state index is -4.48. The first-order valence-electron chi connectivity index (χ1n) is 12.2. The number of carbonyl (C=O) groups excluding carboxylic acids is 1. The van der Waals surface area contributed by atoms with Crippen LogP contribution in [0.2, 0.25) is 5.15 Å². The number of ether oxygens (including phenoxy) is 1. The van der Waals surface area contributed by atoms with Crippen LogP contribution in [0.25, 0.3) is 22.3 Å². The Morgan fingerprint density at radius 3 is 2.64 bits per heavy atom. The normalized spacial score (nSPS) is 14.6. The number of rotatable bonds is 7. The van der Waals surface area contributed by atoms with Crippen LogP contribution in [0.1, 0.15) is 23.5 Å². The number of methoxy groups -OCH3 is 1. The van der Waals surface area contributed by atoms with E-state index in [0.717, 1.165) is 33.7 Å². The summed E-state index contributed by atoms with van der Waals surface area (Å²) in [4.78, 5) is 36.0. The Labute approximate surface area is 227 Å². The molecule has 204 valence electrons. The average molecular weight is 560 g/mol. The number of aromatic amines is 1. The van der Waals surface area contributed by atoms with Crippen LogP contribution in [-0.4, -0.2) is 80.1 Å². The smallest absolute Gasteiger partial charge is 0.397 e. The summed E-state index contributed by atoms with van der Waals surface area (Å²) in [5.74, 6) is 0.274. The van der Waals surface area contributed by atoms with Crippen molar-refractivity contribution in [3.05, 3.63) is 65.1 Å². The zero-order valence-electron chi connectivity index (χ0n) is 21.0. The number of hydrogen-bond donors (Lipinski definition) is 1. The quantitative estimate of drug-likeness (QED) is 0.338. The lowest BCUT2D eigenvalue weighted by Crippen LogP contribution is -2.49. The number of alkyl halides is 3. The van der Waals surface area contributed by atoms with Crippen molar-refractivity contribution < 1.29 is 22.7 Å². The van der Waals surface area contributed by atoms with Crippen molar-refractivity contribution in [1.29, 1.82) is 0 Å². The fourth-order valence-corrected chi connectivity index (χ4v) is 4.83. The van der Waals surface area contributed by atoms with E-state index < -0.39 is 18.5 Å². The summed E-state index contributed by atoms with van der Waals surface area (Å²) in [6, 6.07) is 9.62. The number of halogens is 4. The summed E-state index contributed by atoms with van der Waals surface area (Å²) in [5, 5.41) is 0.232.